The number of tetrazole rings is 1. The van der Waals surface area contributed by atoms with E-state index in [1.165, 1.54) is 0 Å². The van der Waals surface area contributed by atoms with Gasteiger partial charge >= 0.3 is 0 Å². The molecule has 80 valence electrons. The van der Waals surface area contributed by atoms with Crippen molar-refractivity contribution in [2.45, 2.75) is 12.5 Å². The summed E-state index contributed by atoms with van der Waals surface area (Å²) in [6.45, 7) is 0.499. The molecular weight excluding hydrogens is 196 g/mol. The standard InChI is InChI=1S/C8H12N6O/c1-15-5-6(9)2-7-3-10-4-8-11-12-13-14(7)8/h3-4,6H,2,5,9H2,1H3. The van der Waals surface area contributed by atoms with E-state index in [1.807, 2.05) is 0 Å². The minimum absolute atomic E-state index is 0.0772. The minimum Gasteiger partial charge on any atom is -0.383 e. The fourth-order valence-corrected chi connectivity index (χ4v) is 1.40. The molecule has 0 aliphatic heterocycles. The second-order valence-corrected chi connectivity index (χ2v) is 3.27. The van der Waals surface area contributed by atoms with E-state index < -0.39 is 0 Å². The lowest BCUT2D eigenvalue weighted by Crippen LogP contribution is -2.29. The largest absolute Gasteiger partial charge is 0.383 e. The van der Waals surface area contributed by atoms with Crippen LogP contribution < -0.4 is 5.73 Å². The molecule has 0 radical (unpaired) electrons. The Labute approximate surface area is 86.2 Å². The molecule has 2 heterocycles. The Hall–Kier alpha value is -1.60. The molecule has 2 N–H and O–H groups in total. The first-order valence-electron chi connectivity index (χ1n) is 4.56. The molecule has 15 heavy (non-hydrogen) atoms. The average molecular weight is 208 g/mol. The molecule has 0 amide bonds. The molecule has 1 atom stereocenters. The zero-order valence-corrected chi connectivity index (χ0v) is 8.37. The highest BCUT2D eigenvalue weighted by Crippen LogP contribution is 2.02. The lowest BCUT2D eigenvalue weighted by molar-refractivity contribution is 0.179. The minimum atomic E-state index is -0.0772. The van der Waals surface area contributed by atoms with Gasteiger partial charge in [-0.05, 0) is 10.4 Å². The third kappa shape index (κ3) is 2.08. The molecule has 0 saturated carbocycles. The predicted octanol–water partition coefficient (Wildman–Crippen LogP) is -0.964. The molecule has 0 aromatic carbocycles. The molecule has 7 heteroatoms. The normalized spacial score (nSPS) is 13.2. The van der Waals surface area contributed by atoms with Crippen molar-refractivity contribution < 1.29 is 4.74 Å². The summed E-state index contributed by atoms with van der Waals surface area (Å²) in [4.78, 5) is 4.04. The van der Waals surface area contributed by atoms with Crippen molar-refractivity contribution in [2.24, 2.45) is 5.73 Å². The van der Waals surface area contributed by atoms with E-state index in [1.54, 1.807) is 24.0 Å². The van der Waals surface area contributed by atoms with E-state index in [0.717, 1.165) is 5.69 Å². The zero-order chi connectivity index (χ0) is 10.7. The van der Waals surface area contributed by atoms with Gasteiger partial charge in [-0.25, -0.2) is 0 Å². The van der Waals surface area contributed by atoms with E-state index in [-0.39, 0.29) is 6.04 Å². The quantitative estimate of drug-likeness (QED) is 0.695. The van der Waals surface area contributed by atoms with Gasteiger partial charge in [-0.15, -0.1) is 5.10 Å². The van der Waals surface area contributed by atoms with Crippen LogP contribution in [0.5, 0.6) is 0 Å². The Kier molecular flexibility index (Phi) is 2.84. The lowest BCUT2D eigenvalue weighted by Gasteiger charge is -2.09. The average Bonchev–Trinajstić information content (AvgIpc) is 2.67. The molecule has 0 fully saturated rings. The van der Waals surface area contributed by atoms with Gasteiger partial charge in [-0.3, -0.25) is 4.98 Å². The monoisotopic (exact) mass is 208 g/mol. The number of nitrogens with zero attached hydrogens (tertiary/aromatic N) is 5. The lowest BCUT2D eigenvalue weighted by atomic mass is 10.2. The summed E-state index contributed by atoms with van der Waals surface area (Å²) in [6, 6.07) is -0.0772. The number of methoxy groups -OCH3 is 1. The Morgan fingerprint density at radius 2 is 2.40 bits per heavy atom. The van der Waals surface area contributed by atoms with E-state index in [2.05, 4.69) is 20.5 Å². The van der Waals surface area contributed by atoms with Crippen LogP contribution in [0.3, 0.4) is 0 Å². The maximum atomic E-state index is 5.84. The van der Waals surface area contributed by atoms with Gasteiger partial charge in [0.2, 0.25) is 0 Å². The summed E-state index contributed by atoms with van der Waals surface area (Å²) in [5, 5.41) is 11.2. The van der Waals surface area contributed by atoms with Crippen LogP contribution in [-0.4, -0.2) is 44.8 Å². The van der Waals surface area contributed by atoms with E-state index in [0.29, 0.717) is 18.7 Å². The highest BCUT2D eigenvalue weighted by Gasteiger charge is 2.08. The van der Waals surface area contributed by atoms with Gasteiger partial charge < -0.3 is 10.5 Å². The molecule has 0 bridgehead atoms. The summed E-state index contributed by atoms with van der Waals surface area (Å²) >= 11 is 0. The van der Waals surface area contributed by atoms with Gasteiger partial charge in [0.15, 0.2) is 5.65 Å². The van der Waals surface area contributed by atoms with Crippen molar-refractivity contribution in [3.63, 3.8) is 0 Å². The highest BCUT2D eigenvalue weighted by molar-refractivity contribution is 5.32. The molecule has 2 aromatic rings. The Morgan fingerprint density at radius 3 is 3.20 bits per heavy atom. The maximum Gasteiger partial charge on any atom is 0.197 e. The number of rotatable bonds is 4. The Balaban J connectivity index is 2.23. The number of ether oxygens (including phenoxy) is 1. The van der Waals surface area contributed by atoms with Gasteiger partial charge in [0, 0.05) is 25.8 Å². The summed E-state index contributed by atoms with van der Waals surface area (Å²) < 4.78 is 6.59. The summed E-state index contributed by atoms with van der Waals surface area (Å²) in [5.74, 6) is 0. The predicted molar refractivity (Wildman–Crippen MR) is 52.1 cm³/mol. The van der Waals surface area contributed by atoms with Crippen molar-refractivity contribution in [1.82, 2.24) is 25.0 Å². The van der Waals surface area contributed by atoms with Crippen molar-refractivity contribution in [3.8, 4) is 0 Å². The van der Waals surface area contributed by atoms with Crippen LogP contribution in [0.25, 0.3) is 5.65 Å². The molecular formula is C8H12N6O. The summed E-state index contributed by atoms with van der Waals surface area (Å²) in [5.41, 5.74) is 7.34. The van der Waals surface area contributed by atoms with Crippen molar-refractivity contribution in [3.05, 3.63) is 18.1 Å². The molecule has 0 aliphatic rings. The number of hydrogen-bond acceptors (Lipinski definition) is 6. The highest BCUT2D eigenvalue weighted by atomic mass is 16.5. The molecule has 2 rings (SSSR count). The van der Waals surface area contributed by atoms with E-state index in [9.17, 15) is 0 Å². The van der Waals surface area contributed by atoms with E-state index >= 15 is 0 Å². The third-order valence-electron chi connectivity index (χ3n) is 2.03. The van der Waals surface area contributed by atoms with E-state index in [4.69, 9.17) is 10.5 Å². The van der Waals surface area contributed by atoms with Crippen LogP contribution in [0.1, 0.15) is 5.69 Å². The zero-order valence-electron chi connectivity index (χ0n) is 8.37. The Bertz CT molecular complexity index is 441. The smallest absolute Gasteiger partial charge is 0.197 e. The second-order valence-electron chi connectivity index (χ2n) is 3.27. The number of aromatic nitrogens is 5. The van der Waals surface area contributed by atoms with Crippen LogP contribution in [0, 0.1) is 0 Å². The first-order valence-corrected chi connectivity index (χ1v) is 4.56. The SMILES string of the molecule is COCC(N)Cc1cncc2nnnn12. The molecule has 1 unspecified atom stereocenters. The van der Waals surface area contributed by atoms with Gasteiger partial charge in [0.05, 0.1) is 18.5 Å². The van der Waals surface area contributed by atoms with Crippen molar-refractivity contribution in [1.29, 1.82) is 0 Å². The number of hydrogen-bond donors (Lipinski definition) is 1. The Morgan fingerprint density at radius 1 is 1.53 bits per heavy atom. The van der Waals surface area contributed by atoms with Crippen LogP contribution in [0.15, 0.2) is 12.4 Å². The second kappa shape index (κ2) is 4.28. The number of nitrogens with two attached hydrogens (primary N) is 1. The van der Waals surface area contributed by atoms with Gasteiger partial charge in [0.25, 0.3) is 0 Å². The van der Waals surface area contributed by atoms with Crippen LogP contribution in [0.4, 0.5) is 0 Å². The van der Waals surface area contributed by atoms with Crippen LogP contribution in [0.2, 0.25) is 0 Å². The van der Waals surface area contributed by atoms with Gasteiger partial charge in [-0.2, -0.15) is 4.52 Å². The molecule has 0 saturated heterocycles. The molecule has 0 spiro atoms. The first kappa shape index (κ1) is 9.94. The summed E-state index contributed by atoms with van der Waals surface area (Å²) in [6.07, 6.45) is 3.94. The van der Waals surface area contributed by atoms with Gasteiger partial charge in [0.1, 0.15) is 0 Å². The fourth-order valence-electron chi connectivity index (χ4n) is 1.40. The van der Waals surface area contributed by atoms with Crippen LogP contribution >= 0.6 is 0 Å². The fraction of sp³-hybridized carbons (Fsp3) is 0.500. The maximum absolute atomic E-state index is 5.84. The van der Waals surface area contributed by atoms with Crippen molar-refractivity contribution in [2.75, 3.05) is 13.7 Å². The third-order valence-corrected chi connectivity index (χ3v) is 2.03. The molecule has 7 nitrogen and oxygen atoms in total. The number of fused-ring (bicyclic) bond motifs is 1. The van der Waals surface area contributed by atoms with Gasteiger partial charge in [-0.1, -0.05) is 0 Å². The molecule has 0 aliphatic carbocycles. The molecule has 2 aromatic heterocycles. The summed E-state index contributed by atoms with van der Waals surface area (Å²) in [7, 11) is 1.62. The van der Waals surface area contributed by atoms with Crippen molar-refractivity contribution >= 4 is 5.65 Å². The topological polar surface area (TPSA) is 91.2 Å². The van der Waals surface area contributed by atoms with Crippen LogP contribution in [-0.2, 0) is 11.2 Å². The first-order chi connectivity index (χ1) is 7.31.